The highest BCUT2D eigenvalue weighted by Crippen LogP contribution is 2.09. The van der Waals surface area contributed by atoms with Gasteiger partial charge in [0.2, 0.25) is 6.41 Å². The monoisotopic (exact) mass is 247 g/mol. The van der Waals surface area contributed by atoms with Crippen LogP contribution in [0.5, 0.6) is 0 Å². The number of carbonyl (C=O) groups excluding carboxylic acids is 1. The number of amides is 1. The number of hydrogen-bond donors (Lipinski definition) is 2. The number of carbonyl (C=O) groups is 2. The van der Waals surface area contributed by atoms with Gasteiger partial charge in [0.15, 0.2) is 0 Å². The molecule has 0 saturated heterocycles. The first-order valence-corrected chi connectivity index (χ1v) is 6.88. The predicted octanol–water partition coefficient (Wildman–Crippen LogP) is 1.89. The summed E-state index contributed by atoms with van der Waals surface area (Å²) in [4.78, 5) is 20.8. The lowest BCUT2D eigenvalue weighted by Crippen LogP contribution is -2.37. The zero-order valence-corrected chi connectivity index (χ0v) is 10.6. The molecule has 0 aromatic rings. The smallest absolute Gasteiger partial charge is 0.327 e. The molecule has 0 rings (SSSR count). The highest BCUT2D eigenvalue weighted by atomic mass is 32.2. The number of nitrogens with one attached hydrogen (secondary N) is 1. The van der Waals surface area contributed by atoms with Crippen molar-refractivity contribution >= 4 is 24.1 Å². The minimum Gasteiger partial charge on any atom is -0.480 e. The van der Waals surface area contributed by atoms with Gasteiger partial charge in [-0.1, -0.05) is 32.6 Å². The van der Waals surface area contributed by atoms with Crippen LogP contribution < -0.4 is 5.32 Å². The van der Waals surface area contributed by atoms with Crippen LogP contribution in [0.25, 0.3) is 0 Å². The molecule has 4 nitrogen and oxygen atoms in total. The summed E-state index contributed by atoms with van der Waals surface area (Å²) in [5.74, 6) is 0.446. The molecule has 0 saturated carbocycles. The van der Waals surface area contributed by atoms with Crippen LogP contribution in [0.4, 0.5) is 0 Å². The highest BCUT2D eigenvalue weighted by molar-refractivity contribution is 7.99. The molecule has 1 amide bonds. The largest absolute Gasteiger partial charge is 0.480 e. The Morgan fingerprint density at radius 1 is 1.38 bits per heavy atom. The summed E-state index contributed by atoms with van der Waals surface area (Å²) in [6, 6.07) is -0.752. The Hall–Kier alpha value is -0.710. The topological polar surface area (TPSA) is 66.4 Å². The van der Waals surface area contributed by atoms with Gasteiger partial charge in [-0.2, -0.15) is 11.8 Å². The fraction of sp³-hybridized carbons (Fsp3) is 0.818. The molecule has 0 bridgehead atoms. The number of hydrogen-bond acceptors (Lipinski definition) is 3. The number of thioether (sulfide) groups is 1. The van der Waals surface area contributed by atoms with Crippen molar-refractivity contribution in [3.05, 3.63) is 0 Å². The fourth-order valence-electron chi connectivity index (χ4n) is 1.28. The first-order valence-electron chi connectivity index (χ1n) is 5.72. The average Bonchev–Trinajstić information content (AvgIpc) is 2.26. The van der Waals surface area contributed by atoms with E-state index in [4.69, 9.17) is 5.11 Å². The summed E-state index contributed by atoms with van der Waals surface area (Å²) in [5, 5.41) is 11.0. The number of carboxylic acid groups (broad SMARTS) is 1. The van der Waals surface area contributed by atoms with Crippen molar-refractivity contribution < 1.29 is 14.7 Å². The average molecular weight is 247 g/mol. The van der Waals surface area contributed by atoms with Crippen LogP contribution >= 0.6 is 11.8 Å². The maximum Gasteiger partial charge on any atom is 0.327 e. The summed E-state index contributed by atoms with van der Waals surface area (Å²) in [6.07, 6.45) is 6.54. The highest BCUT2D eigenvalue weighted by Gasteiger charge is 2.15. The lowest BCUT2D eigenvalue weighted by Gasteiger charge is -2.10. The second-order valence-electron chi connectivity index (χ2n) is 3.66. The quantitative estimate of drug-likeness (QED) is 0.432. The molecule has 0 aliphatic carbocycles. The summed E-state index contributed by atoms with van der Waals surface area (Å²) in [5.41, 5.74) is 0. The Morgan fingerprint density at radius 2 is 2.06 bits per heavy atom. The molecule has 0 aliphatic rings. The van der Waals surface area contributed by atoms with E-state index in [9.17, 15) is 9.59 Å². The van der Waals surface area contributed by atoms with E-state index in [1.165, 1.54) is 25.7 Å². The zero-order valence-electron chi connectivity index (χ0n) is 9.78. The molecule has 0 spiro atoms. The zero-order chi connectivity index (χ0) is 12.2. The van der Waals surface area contributed by atoms with Gasteiger partial charge in [-0.15, -0.1) is 0 Å². The minimum atomic E-state index is -0.967. The van der Waals surface area contributed by atoms with Crippen LogP contribution in [-0.4, -0.2) is 35.0 Å². The molecule has 1 unspecified atom stereocenters. The maximum atomic E-state index is 10.7. The normalized spacial score (nSPS) is 12.1. The van der Waals surface area contributed by atoms with E-state index in [1.807, 2.05) is 0 Å². The fourth-order valence-corrected chi connectivity index (χ4v) is 2.33. The van der Waals surface area contributed by atoms with Gasteiger partial charge in [0.1, 0.15) is 6.04 Å². The van der Waals surface area contributed by atoms with Crippen molar-refractivity contribution in [3.8, 4) is 0 Å². The third kappa shape index (κ3) is 8.59. The number of aliphatic carboxylic acids is 1. The molecule has 0 aliphatic heterocycles. The number of rotatable bonds is 11. The molecule has 0 aromatic heterocycles. The van der Waals surface area contributed by atoms with Crippen molar-refractivity contribution in [2.75, 3.05) is 11.5 Å². The Kier molecular flexibility index (Phi) is 10.3. The van der Waals surface area contributed by atoms with Gasteiger partial charge in [0.25, 0.3) is 0 Å². The Morgan fingerprint density at radius 3 is 2.62 bits per heavy atom. The van der Waals surface area contributed by atoms with Crippen molar-refractivity contribution in [3.63, 3.8) is 0 Å². The molecule has 1 atom stereocenters. The molecule has 0 heterocycles. The van der Waals surface area contributed by atoms with Crippen LogP contribution in [0.15, 0.2) is 0 Å². The Bertz CT molecular complexity index is 200. The van der Waals surface area contributed by atoms with Gasteiger partial charge in [0, 0.05) is 5.75 Å². The molecular weight excluding hydrogens is 226 g/mol. The van der Waals surface area contributed by atoms with Crippen LogP contribution in [0, 0.1) is 0 Å². The van der Waals surface area contributed by atoms with E-state index in [0.717, 1.165) is 12.2 Å². The third-order valence-corrected chi connectivity index (χ3v) is 3.39. The van der Waals surface area contributed by atoms with Crippen LogP contribution in [0.1, 0.15) is 39.0 Å². The molecular formula is C11H21NO3S. The maximum absolute atomic E-state index is 10.7. The molecule has 16 heavy (non-hydrogen) atoms. The van der Waals surface area contributed by atoms with Crippen molar-refractivity contribution in [1.82, 2.24) is 5.32 Å². The first-order chi connectivity index (χ1) is 7.72. The van der Waals surface area contributed by atoms with Gasteiger partial charge in [-0.3, -0.25) is 4.79 Å². The van der Waals surface area contributed by atoms with Crippen molar-refractivity contribution in [1.29, 1.82) is 0 Å². The van der Waals surface area contributed by atoms with Gasteiger partial charge in [0.05, 0.1) is 0 Å². The van der Waals surface area contributed by atoms with E-state index < -0.39 is 12.0 Å². The van der Waals surface area contributed by atoms with Crippen LogP contribution in [-0.2, 0) is 9.59 Å². The molecule has 0 radical (unpaired) electrons. The number of carboxylic acids is 1. The predicted molar refractivity (Wildman–Crippen MR) is 66.7 cm³/mol. The summed E-state index contributed by atoms with van der Waals surface area (Å²) >= 11 is 1.59. The molecule has 5 heteroatoms. The lowest BCUT2D eigenvalue weighted by atomic mass is 10.2. The number of unbranched alkanes of at least 4 members (excludes halogenated alkanes) is 4. The van der Waals surface area contributed by atoms with Gasteiger partial charge >= 0.3 is 5.97 Å². The van der Waals surface area contributed by atoms with Gasteiger partial charge < -0.3 is 10.4 Å². The second kappa shape index (κ2) is 10.8. The van der Waals surface area contributed by atoms with E-state index >= 15 is 0 Å². The van der Waals surface area contributed by atoms with E-state index in [0.29, 0.717) is 12.2 Å². The molecule has 0 aromatic carbocycles. The standard InChI is InChI=1S/C11H21NO3S/c1-2-3-4-5-6-7-16-8-10(11(14)15)12-9-13/h9-10H,2-8H2,1H3,(H,12,13)(H,14,15). The first kappa shape index (κ1) is 15.3. The summed E-state index contributed by atoms with van der Waals surface area (Å²) in [6.45, 7) is 2.18. The van der Waals surface area contributed by atoms with Crippen LogP contribution in [0.2, 0.25) is 0 Å². The third-order valence-electron chi connectivity index (χ3n) is 2.24. The SMILES string of the molecule is CCCCCCCSCC(NC=O)C(=O)O. The lowest BCUT2D eigenvalue weighted by molar-refractivity contribution is -0.139. The van der Waals surface area contributed by atoms with E-state index in [-0.39, 0.29) is 0 Å². The Labute approximate surface area is 101 Å². The van der Waals surface area contributed by atoms with E-state index in [2.05, 4.69) is 12.2 Å². The van der Waals surface area contributed by atoms with E-state index in [1.54, 1.807) is 11.8 Å². The molecule has 0 fully saturated rings. The van der Waals surface area contributed by atoms with Gasteiger partial charge in [-0.05, 0) is 12.2 Å². The molecule has 94 valence electrons. The van der Waals surface area contributed by atoms with Gasteiger partial charge in [-0.25, -0.2) is 4.79 Å². The Balaban J connectivity index is 3.40. The second-order valence-corrected chi connectivity index (χ2v) is 4.81. The summed E-state index contributed by atoms with van der Waals surface area (Å²) in [7, 11) is 0. The van der Waals surface area contributed by atoms with Crippen molar-refractivity contribution in [2.45, 2.75) is 45.1 Å². The summed E-state index contributed by atoms with van der Waals surface area (Å²) < 4.78 is 0. The molecule has 2 N–H and O–H groups in total. The minimum absolute atomic E-state index is 0.445. The van der Waals surface area contributed by atoms with Crippen molar-refractivity contribution in [2.24, 2.45) is 0 Å². The van der Waals surface area contributed by atoms with Crippen LogP contribution in [0.3, 0.4) is 0 Å².